The molecule has 1 atom stereocenters. The Balaban J connectivity index is 2.32. The summed E-state index contributed by atoms with van der Waals surface area (Å²) in [5, 5.41) is 2.05. The monoisotopic (exact) mass is 362 g/mol. The van der Waals surface area contributed by atoms with Crippen LogP contribution in [0, 0.1) is 0 Å². The van der Waals surface area contributed by atoms with E-state index in [2.05, 4.69) is 17.4 Å². The molecule has 0 saturated carbocycles. The van der Waals surface area contributed by atoms with Crippen LogP contribution in [0.2, 0.25) is 0 Å². The van der Waals surface area contributed by atoms with E-state index in [4.69, 9.17) is 9.05 Å². The number of hydrogen-bond acceptors (Lipinski definition) is 3. The summed E-state index contributed by atoms with van der Waals surface area (Å²) in [4.78, 5) is 0. The summed E-state index contributed by atoms with van der Waals surface area (Å²) in [6.45, 7) is 8.24. The fraction of sp³-hybridized carbons (Fsp3) is 0.400. The molecule has 0 aliphatic rings. The SMILES string of the molecule is CC(C)OP(=O)(OC(C)C)[C@@H]([NH2+]Cc1ccccc1)c1ccccc1. The van der Waals surface area contributed by atoms with Gasteiger partial charge in [-0.2, -0.15) is 0 Å². The van der Waals surface area contributed by atoms with Gasteiger partial charge in [-0.1, -0.05) is 60.7 Å². The van der Waals surface area contributed by atoms with Crippen molar-refractivity contribution in [2.75, 3.05) is 0 Å². The second-order valence-electron chi connectivity index (χ2n) is 6.63. The highest BCUT2D eigenvalue weighted by atomic mass is 31.2. The summed E-state index contributed by atoms with van der Waals surface area (Å²) in [6.07, 6.45) is -0.359. The number of rotatable bonds is 9. The van der Waals surface area contributed by atoms with E-state index < -0.39 is 13.4 Å². The van der Waals surface area contributed by atoms with Gasteiger partial charge in [0.15, 0.2) is 0 Å². The maximum Gasteiger partial charge on any atom is 0.392 e. The lowest BCUT2D eigenvalue weighted by molar-refractivity contribution is -0.693. The Morgan fingerprint density at radius 1 is 0.840 bits per heavy atom. The first-order valence-corrected chi connectivity index (χ1v) is 10.4. The topological polar surface area (TPSA) is 52.1 Å². The Bertz CT molecular complexity index is 660. The van der Waals surface area contributed by atoms with E-state index in [1.54, 1.807) is 0 Å². The molecule has 136 valence electrons. The minimum absolute atomic E-state index is 0.180. The van der Waals surface area contributed by atoms with Crippen LogP contribution in [0.4, 0.5) is 0 Å². The van der Waals surface area contributed by atoms with E-state index >= 15 is 0 Å². The molecule has 0 unspecified atom stereocenters. The van der Waals surface area contributed by atoms with Crippen LogP contribution < -0.4 is 5.32 Å². The van der Waals surface area contributed by atoms with Gasteiger partial charge in [-0.15, -0.1) is 0 Å². The van der Waals surface area contributed by atoms with Gasteiger partial charge >= 0.3 is 7.60 Å². The molecule has 0 spiro atoms. The predicted octanol–water partition coefficient (Wildman–Crippen LogP) is 4.49. The lowest BCUT2D eigenvalue weighted by Crippen LogP contribution is -2.83. The smallest absolute Gasteiger partial charge is 0.326 e. The van der Waals surface area contributed by atoms with Gasteiger partial charge < -0.3 is 14.4 Å². The van der Waals surface area contributed by atoms with E-state index in [1.165, 1.54) is 5.56 Å². The zero-order chi connectivity index (χ0) is 18.3. The molecule has 0 aliphatic carbocycles. The number of hydrogen-bond donors (Lipinski definition) is 1. The molecule has 2 rings (SSSR count). The van der Waals surface area contributed by atoms with Crippen LogP contribution in [0.5, 0.6) is 0 Å². The summed E-state index contributed by atoms with van der Waals surface area (Å²) in [6, 6.07) is 20.0. The maximum absolute atomic E-state index is 13.7. The normalized spacial score (nSPS) is 13.4. The highest BCUT2D eigenvalue weighted by Crippen LogP contribution is 2.59. The fourth-order valence-electron chi connectivity index (χ4n) is 2.70. The highest BCUT2D eigenvalue weighted by Gasteiger charge is 2.42. The molecule has 0 aliphatic heterocycles. The average Bonchev–Trinajstić information content (AvgIpc) is 2.55. The fourth-order valence-corrected chi connectivity index (χ4v) is 5.09. The molecule has 2 aromatic rings. The zero-order valence-electron chi connectivity index (χ0n) is 15.5. The third kappa shape index (κ3) is 6.09. The van der Waals surface area contributed by atoms with E-state index in [9.17, 15) is 4.57 Å². The zero-order valence-corrected chi connectivity index (χ0v) is 16.4. The second kappa shape index (κ2) is 9.30. The van der Waals surface area contributed by atoms with Crippen LogP contribution in [-0.2, 0) is 20.2 Å². The molecule has 0 radical (unpaired) electrons. The molecule has 2 N–H and O–H groups in total. The maximum atomic E-state index is 13.7. The van der Waals surface area contributed by atoms with Crippen molar-refractivity contribution in [3.63, 3.8) is 0 Å². The van der Waals surface area contributed by atoms with Crippen molar-refractivity contribution in [1.29, 1.82) is 0 Å². The first-order chi connectivity index (χ1) is 11.9. The van der Waals surface area contributed by atoms with Crippen molar-refractivity contribution in [2.45, 2.75) is 52.2 Å². The van der Waals surface area contributed by atoms with Crippen LogP contribution in [0.15, 0.2) is 60.7 Å². The molecule has 0 heterocycles. The Morgan fingerprint density at radius 3 is 1.80 bits per heavy atom. The first-order valence-electron chi connectivity index (χ1n) is 8.79. The van der Waals surface area contributed by atoms with Crippen molar-refractivity contribution in [1.82, 2.24) is 0 Å². The van der Waals surface area contributed by atoms with Gasteiger partial charge in [-0.05, 0) is 27.7 Å². The minimum atomic E-state index is -3.36. The number of benzene rings is 2. The summed E-state index contributed by atoms with van der Waals surface area (Å²) < 4.78 is 25.4. The number of nitrogens with two attached hydrogens (primary N) is 1. The summed E-state index contributed by atoms with van der Waals surface area (Å²) >= 11 is 0. The third-order valence-corrected chi connectivity index (χ3v) is 6.24. The van der Waals surface area contributed by atoms with Gasteiger partial charge in [-0.25, -0.2) is 0 Å². The van der Waals surface area contributed by atoms with Gasteiger partial charge in [0.2, 0.25) is 5.78 Å². The predicted molar refractivity (Wildman–Crippen MR) is 101 cm³/mol. The number of quaternary nitrogens is 1. The summed E-state index contributed by atoms with van der Waals surface area (Å²) in [5.74, 6) is -0.404. The van der Waals surface area contributed by atoms with Crippen LogP contribution in [0.3, 0.4) is 0 Å². The third-order valence-electron chi connectivity index (χ3n) is 3.62. The van der Waals surface area contributed by atoms with Crippen LogP contribution in [0.1, 0.15) is 44.6 Å². The molecule has 25 heavy (non-hydrogen) atoms. The van der Waals surface area contributed by atoms with Crippen LogP contribution >= 0.6 is 7.60 Å². The Kier molecular flexibility index (Phi) is 7.39. The van der Waals surface area contributed by atoms with Crippen molar-refractivity contribution < 1.29 is 18.9 Å². The average molecular weight is 362 g/mol. The van der Waals surface area contributed by atoms with Crippen LogP contribution in [0.25, 0.3) is 0 Å². The molecule has 0 bridgehead atoms. The molecule has 5 heteroatoms. The molecule has 0 aromatic heterocycles. The van der Waals surface area contributed by atoms with Crippen molar-refractivity contribution >= 4 is 7.60 Å². The van der Waals surface area contributed by atoms with Gasteiger partial charge in [-0.3, -0.25) is 4.57 Å². The van der Waals surface area contributed by atoms with Gasteiger partial charge in [0.1, 0.15) is 6.54 Å². The van der Waals surface area contributed by atoms with Crippen LogP contribution in [-0.4, -0.2) is 12.2 Å². The largest absolute Gasteiger partial charge is 0.392 e. The second-order valence-corrected chi connectivity index (χ2v) is 8.69. The van der Waals surface area contributed by atoms with Crippen molar-refractivity contribution in [3.05, 3.63) is 71.8 Å². The summed E-state index contributed by atoms with van der Waals surface area (Å²) in [5.41, 5.74) is 2.12. The standard InChI is InChI=1S/C20H28NO3P/c1-16(2)23-25(22,24-17(3)4)20(19-13-9-6-10-14-19)21-15-18-11-7-5-8-12-18/h5-14,16-17,20-21H,15H2,1-4H3/p+1/t20-/m1/s1. The Hall–Kier alpha value is -1.45. The van der Waals surface area contributed by atoms with E-state index in [0.29, 0.717) is 6.54 Å². The van der Waals surface area contributed by atoms with Gasteiger partial charge in [0, 0.05) is 11.1 Å². The molecule has 0 saturated heterocycles. The molecular formula is C20H29NO3P+. The van der Waals surface area contributed by atoms with Gasteiger partial charge in [0.05, 0.1) is 12.2 Å². The lowest BCUT2D eigenvalue weighted by Gasteiger charge is -2.28. The highest BCUT2D eigenvalue weighted by molar-refractivity contribution is 7.54. The van der Waals surface area contributed by atoms with E-state index in [1.807, 2.05) is 76.2 Å². The van der Waals surface area contributed by atoms with E-state index in [0.717, 1.165) is 5.56 Å². The Morgan fingerprint density at radius 2 is 1.32 bits per heavy atom. The minimum Gasteiger partial charge on any atom is -0.326 e. The molecule has 2 aromatic carbocycles. The lowest BCUT2D eigenvalue weighted by atomic mass is 10.2. The van der Waals surface area contributed by atoms with Crippen molar-refractivity contribution in [3.8, 4) is 0 Å². The molecule has 0 amide bonds. The molecular weight excluding hydrogens is 333 g/mol. The summed E-state index contributed by atoms with van der Waals surface area (Å²) in [7, 11) is -3.36. The molecule has 0 fully saturated rings. The van der Waals surface area contributed by atoms with E-state index in [-0.39, 0.29) is 12.2 Å². The van der Waals surface area contributed by atoms with Crippen molar-refractivity contribution in [2.24, 2.45) is 0 Å². The molecule has 4 nitrogen and oxygen atoms in total. The van der Waals surface area contributed by atoms with Gasteiger partial charge in [0.25, 0.3) is 0 Å². The Labute approximate surface area is 151 Å². The first kappa shape index (κ1) is 19.9. The quantitative estimate of drug-likeness (QED) is 0.669.